The molecule has 134 valence electrons. The van der Waals surface area contributed by atoms with Crippen LogP contribution in [0.15, 0.2) is 16.3 Å². The number of hydrogen-bond acceptors (Lipinski definition) is 5. The number of amides is 1. The van der Waals surface area contributed by atoms with E-state index in [-0.39, 0.29) is 21.4 Å². The van der Waals surface area contributed by atoms with Gasteiger partial charge in [-0.2, -0.15) is 9.57 Å². The topological polar surface area (TPSA) is 81.5 Å². The molecule has 25 heavy (non-hydrogen) atoms. The maximum absolute atomic E-state index is 12.7. The molecule has 2 aliphatic carbocycles. The van der Waals surface area contributed by atoms with Gasteiger partial charge in [0, 0.05) is 32.1 Å². The molecule has 1 aromatic heterocycles. The van der Waals surface area contributed by atoms with Crippen molar-refractivity contribution in [1.29, 1.82) is 5.26 Å². The zero-order chi connectivity index (χ0) is 17.8. The second kappa shape index (κ2) is 5.79. The van der Waals surface area contributed by atoms with Crippen LogP contribution in [0, 0.1) is 22.7 Å². The molecule has 2 saturated carbocycles. The van der Waals surface area contributed by atoms with Gasteiger partial charge in [-0.05, 0) is 49.7 Å². The van der Waals surface area contributed by atoms with Crippen molar-refractivity contribution in [3.05, 3.63) is 17.0 Å². The zero-order valence-electron chi connectivity index (χ0n) is 14.1. The Bertz CT molecular complexity index is 843. The first-order valence-electron chi connectivity index (χ1n) is 8.64. The van der Waals surface area contributed by atoms with Gasteiger partial charge >= 0.3 is 0 Å². The Morgan fingerprint density at radius 2 is 2.04 bits per heavy atom. The first-order chi connectivity index (χ1) is 11.9. The van der Waals surface area contributed by atoms with Crippen LogP contribution in [0.1, 0.15) is 37.0 Å². The highest BCUT2D eigenvalue weighted by atomic mass is 32.2. The standard InChI is InChI=1S/C17H21N3O3S2/c1-19(12-2-3-12)16(21)14-10-17(14)6-8-20(9-7-17)25(22,23)15-5-4-13(11-18)24-15/h4-5,12,14H,2-3,6-10H2,1H3. The van der Waals surface area contributed by atoms with Gasteiger partial charge in [0.05, 0.1) is 0 Å². The molecular formula is C17H21N3O3S2. The van der Waals surface area contributed by atoms with Gasteiger partial charge in [0.1, 0.15) is 15.2 Å². The van der Waals surface area contributed by atoms with Crippen LogP contribution in [-0.4, -0.2) is 49.7 Å². The van der Waals surface area contributed by atoms with E-state index in [0.717, 1.165) is 43.4 Å². The van der Waals surface area contributed by atoms with Gasteiger partial charge in [0.15, 0.2) is 0 Å². The second-order valence-electron chi connectivity index (χ2n) is 7.43. The van der Waals surface area contributed by atoms with E-state index in [9.17, 15) is 13.2 Å². The predicted molar refractivity (Wildman–Crippen MR) is 93.4 cm³/mol. The van der Waals surface area contributed by atoms with Crippen LogP contribution in [0.4, 0.5) is 0 Å². The molecule has 4 rings (SSSR count). The molecule has 1 spiro atoms. The third-order valence-electron chi connectivity index (χ3n) is 5.93. The van der Waals surface area contributed by atoms with Crippen molar-refractivity contribution in [2.24, 2.45) is 11.3 Å². The molecule has 1 aliphatic heterocycles. The highest BCUT2D eigenvalue weighted by Gasteiger charge is 2.60. The third kappa shape index (κ3) is 2.88. The van der Waals surface area contributed by atoms with E-state index in [1.165, 1.54) is 10.4 Å². The van der Waals surface area contributed by atoms with Crippen LogP contribution in [0.3, 0.4) is 0 Å². The number of hydrogen-bond donors (Lipinski definition) is 0. The Hall–Kier alpha value is -1.43. The average molecular weight is 380 g/mol. The van der Waals surface area contributed by atoms with Crippen molar-refractivity contribution in [2.45, 2.75) is 42.4 Å². The molecule has 0 aromatic carbocycles. The quantitative estimate of drug-likeness (QED) is 0.802. The van der Waals surface area contributed by atoms with Crippen LogP contribution < -0.4 is 0 Å². The van der Waals surface area contributed by atoms with Gasteiger partial charge in [-0.15, -0.1) is 11.3 Å². The van der Waals surface area contributed by atoms with Crippen LogP contribution in [0.2, 0.25) is 0 Å². The van der Waals surface area contributed by atoms with Gasteiger partial charge in [-0.25, -0.2) is 8.42 Å². The number of sulfonamides is 1. The molecule has 3 aliphatic rings. The summed E-state index contributed by atoms with van der Waals surface area (Å²) in [5.74, 6) is 0.325. The molecule has 1 amide bonds. The summed E-state index contributed by atoms with van der Waals surface area (Å²) in [6, 6.07) is 5.47. The summed E-state index contributed by atoms with van der Waals surface area (Å²) < 4.78 is 27.2. The predicted octanol–water partition coefficient (Wildman–Crippen LogP) is 2.03. The number of carbonyl (C=O) groups is 1. The number of nitrogens with zero attached hydrogens (tertiary/aromatic N) is 3. The van der Waals surface area contributed by atoms with Crippen molar-refractivity contribution < 1.29 is 13.2 Å². The van der Waals surface area contributed by atoms with Gasteiger partial charge in [0.25, 0.3) is 10.0 Å². The molecule has 1 atom stereocenters. The fourth-order valence-electron chi connectivity index (χ4n) is 3.96. The molecule has 0 N–H and O–H groups in total. The Morgan fingerprint density at radius 1 is 1.36 bits per heavy atom. The van der Waals surface area contributed by atoms with Crippen LogP contribution in [-0.2, 0) is 14.8 Å². The van der Waals surface area contributed by atoms with Crippen molar-refractivity contribution in [1.82, 2.24) is 9.21 Å². The Morgan fingerprint density at radius 3 is 2.60 bits per heavy atom. The molecule has 6 nitrogen and oxygen atoms in total. The first kappa shape index (κ1) is 17.0. The van der Waals surface area contributed by atoms with Crippen molar-refractivity contribution >= 4 is 27.3 Å². The molecule has 1 unspecified atom stereocenters. The maximum atomic E-state index is 12.7. The van der Waals surface area contributed by atoms with Gasteiger partial charge in [0.2, 0.25) is 5.91 Å². The van der Waals surface area contributed by atoms with Gasteiger partial charge in [-0.3, -0.25) is 4.79 Å². The van der Waals surface area contributed by atoms with Crippen LogP contribution in [0.5, 0.6) is 0 Å². The summed E-state index contributed by atoms with van der Waals surface area (Å²) in [7, 11) is -1.63. The lowest BCUT2D eigenvalue weighted by molar-refractivity contribution is -0.132. The highest BCUT2D eigenvalue weighted by Crippen LogP contribution is 2.60. The molecule has 2 heterocycles. The largest absolute Gasteiger partial charge is 0.343 e. The summed E-state index contributed by atoms with van der Waals surface area (Å²) in [6.07, 6.45) is 4.61. The van der Waals surface area contributed by atoms with E-state index in [0.29, 0.717) is 24.0 Å². The number of carbonyl (C=O) groups excluding carboxylic acids is 1. The third-order valence-corrected chi connectivity index (χ3v) is 9.29. The Labute approximate surface area is 152 Å². The molecule has 1 saturated heterocycles. The van der Waals surface area contributed by atoms with E-state index >= 15 is 0 Å². The summed E-state index contributed by atoms with van der Waals surface area (Å²) in [6.45, 7) is 0.915. The smallest absolute Gasteiger partial charge is 0.252 e. The minimum Gasteiger partial charge on any atom is -0.343 e. The lowest BCUT2D eigenvalue weighted by Gasteiger charge is -2.32. The molecule has 8 heteroatoms. The molecule has 3 fully saturated rings. The summed E-state index contributed by atoms with van der Waals surface area (Å²) in [5, 5.41) is 8.89. The van der Waals surface area contributed by atoms with Crippen molar-refractivity contribution in [2.75, 3.05) is 20.1 Å². The molecular weight excluding hydrogens is 358 g/mol. The second-order valence-corrected chi connectivity index (χ2v) is 10.7. The fraction of sp³-hybridized carbons (Fsp3) is 0.647. The SMILES string of the molecule is CN(C(=O)C1CC12CCN(S(=O)(=O)c1ccc(C#N)s1)CC2)C1CC1. The fourth-order valence-corrected chi connectivity index (χ4v) is 6.65. The minimum atomic E-state index is -3.53. The first-order valence-corrected chi connectivity index (χ1v) is 10.9. The van der Waals surface area contributed by atoms with E-state index < -0.39 is 10.0 Å². The monoisotopic (exact) mass is 379 g/mol. The summed E-state index contributed by atoms with van der Waals surface area (Å²) >= 11 is 1.02. The van der Waals surface area contributed by atoms with Crippen molar-refractivity contribution in [3.8, 4) is 6.07 Å². The Kier molecular flexibility index (Phi) is 3.94. The zero-order valence-corrected chi connectivity index (χ0v) is 15.8. The molecule has 0 radical (unpaired) electrons. The van der Waals surface area contributed by atoms with E-state index in [2.05, 4.69) is 0 Å². The number of piperidine rings is 1. The lowest BCUT2D eigenvalue weighted by Crippen LogP contribution is -2.40. The highest BCUT2D eigenvalue weighted by molar-refractivity contribution is 7.91. The van der Waals surface area contributed by atoms with Gasteiger partial charge < -0.3 is 4.90 Å². The molecule has 1 aromatic rings. The average Bonchev–Trinajstić information content (AvgIpc) is 3.52. The summed E-state index contributed by atoms with van der Waals surface area (Å²) in [5.41, 5.74) is 0.0134. The summed E-state index contributed by atoms with van der Waals surface area (Å²) in [4.78, 5) is 14.9. The van der Waals surface area contributed by atoms with E-state index in [1.54, 1.807) is 6.07 Å². The van der Waals surface area contributed by atoms with Crippen LogP contribution >= 0.6 is 11.3 Å². The van der Waals surface area contributed by atoms with Crippen LogP contribution in [0.25, 0.3) is 0 Å². The maximum Gasteiger partial charge on any atom is 0.252 e. The van der Waals surface area contributed by atoms with E-state index in [1.807, 2.05) is 18.0 Å². The Balaban J connectivity index is 1.40. The lowest BCUT2D eigenvalue weighted by atomic mass is 9.91. The van der Waals surface area contributed by atoms with Gasteiger partial charge in [-0.1, -0.05) is 0 Å². The normalized spacial score (nSPS) is 25.5. The molecule has 0 bridgehead atoms. The number of rotatable bonds is 4. The minimum absolute atomic E-state index is 0.0134. The van der Waals surface area contributed by atoms with Crippen molar-refractivity contribution in [3.63, 3.8) is 0 Å². The number of thiophene rings is 1. The van der Waals surface area contributed by atoms with E-state index in [4.69, 9.17) is 5.26 Å². The number of nitriles is 1.